The van der Waals surface area contributed by atoms with E-state index in [-0.39, 0.29) is 0 Å². The molecule has 0 radical (unpaired) electrons. The lowest BCUT2D eigenvalue weighted by molar-refractivity contribution is 0.287. The fraction of sp³-hybridized carbons (Fsp3) is 0.588. The molecule has 2 unspecified atom stereocenters. The summed E-state index contributed by atoms with van der Waals surface area (Å²) in [5.74, 6) is 2.03. The average molecular weight is 304 g/mol. The number of piperidine rings is 1. The Balaban J connectivity index is 1.81. The predicted octanol–water partition coefficient (Wildman–Crippen LogP) is 4.48. The second-order valence-corrected chi connectivity index (χ2v) is 6.89. The van der Waals surface area contributed by atoms with Crippen LogP contribution in [-0.2, 0) is 0 Å². The number of rotatable bonds is 3. The molecule has 21 heavy (non-hydrogen) atoms. The van der Waals surface area contributed by atoms with E-state index in [1.54, 1.807) is 0 Å². The first-order chi connectivity index (χ1) is 10.3. The van der Waals surface area contributed by atoms with E-state index in [2.05, 4.69) is 22.9 Å². The van der Waals surface area contributed by atoms with Crippen molar-refractivity contribution in [3.8, 4) is 0 Å². The summed E-state index contributed by atoms with van der Waals surface area (Å²) in [6, 6.07) is 7.06. The van der Waals surface area contributed by atoms with Crippen LogP contribution in [0.4, 0.5) is 0 Å². The van der Waals surface area contributed by atoms with Crippen molar-refractivity contribution in [2.24, 2.45) is 5.92 Å². The summed E-state index contributed by atoms with van der Waals surface area (Å²) < 4.78 is 2.42. The van der Waals surface area contributed by atoms with Gasteiger partial charge in [-0.3, -0.25) is 0 Å². The molecule has 1 aliphatic carbocycles. The molecule has 0 spiro atoms. The number of hydrogen-bond donors (Lipinski definition) is 1. The van der Waals surface area contributed by atoms with Gasteiger partial charge in [-0.2, -0.15) is 0 Å². The zero-order valence-electron chi connectivity index (χ0n) is 12.5. The molecule has 1 saturated carbocycles. The predicted molar refractivity (Wildman–Crippen MR) is 86.8 cm³/mol. The third-order valence-corrected chi connectivity index (χ3v) is 5.31. The van der Waals surface area contributed by atoms with Crippen molar-refractivity contribution in [3.63, 3.8) is 0 Å². The molecule has 112 valence electrons. The van der Waals surface area contributed by atoms with E-state index in [9.17, 15) is 0 Å². The van der Waals surface area contributed by atoms with Crippen LogP contribution >= 0.6 is 11.6 Å². The lowest BCUT2D eigenvalue weighted by Gasteiger charge is -2.29. The number of benzene rings is 1. The van der Waals surface area contributed by atoms with Crippen molar-refractivity contribution in [1.82, 2.24) is 14.9 Å². The van der Waals surface area contributed by atoms with E-state index >= 15 is 0 Å². The van der Waals surface area contributed by atoms with Gasteiger partial charge in [0.05, 0.1) is 22.1 Å². The number of nitrogens with zero attached hydrogens (tertiary/aromatic N) is 2. The van der Waals surface area contributed by atoms with Crippen molar-refractivity contribution in [1.29, 1.82) is 0 Å². The Morgan fingerprint density at radius 3 is 2.95 bits per heavy atom. The zero-order valence-corrected chi connectivity index (χ0v) is 13.2. The first kappa shape index (κ1) is 13.6. The maximum atomic E-state index is 6.46. The normalized spacial score (nSPS) is 26.4. The highest BCUT2D eigenvalue weighted by molar-refractivity contribution is 6.35. The van der Waals surface area contributed by atoms with Crippen LogP contribution in [0.1, 0.15) is 56.9 Å². The molecule has 1 aromatic heterocycles. The molecular weight excluding hydrogens is 282 g/mol. The molecule has 4 heteroatoms. The number of hydrogen-bond acceptors (Lipinski definition) is 2. The van der Waals surface area contributed by atoms with Crippen LogP contribution in [0.5, 0.6) is 0 Å². The number of aromatic nitrogens is 2. The van der Waals surface area contributed by atoms with Crippen LogP contribution in [-0.4, -0.2) is 16.1 Å². The first-order valence-electron chi connectivity index (χ1n) is 8.17. The Hall–Kier alpha value is -1.06. The molecule has 2 aromatic rings. The van der Waals surface area contributed by atoms with Crippen LogP contribution < -0.4 is 5.32 Å². The average Bonchev–Trinajstić information content (AvgIpc) is 3.27. The van der Waals surface area contributed by atoms with Crippen molar-refractivity contribution in [2.75, 3.05) is 6.54 Å². The van der Waals surface area contributed by atoms with Crippen molar-refractivity contribution in [3.05, 3.63) is 29.0 Å². The molecule has 1 aliphatic heterocycles. The standard InChI is InChI=1S/C17H22ClN3/c1-2-11-8-9-19-15(10-11)17-20-14-5-3-4-13(18)16(14)21(17)12-6-7-12/h3-5,11-12,15,19H,2,6-10H2,1H3. The van der Waals surface area contributed by atoms with Gasteiger partial charge in [-0.15, -0.1) is 0 Å². The molecule has 0 bridgehead atoms. The van der Waals surface area contributed by atoms with E-state index in [0.29, 0.717) is 12.1 Å². The summed E-state index contributed by atoms with van der Waals surface area (Å²) in [6.45, 7) is 3.40. The third-order valence-electron chi connectivity index (χ3n) is 5.00. The van der Waals surface area contributed by atoms with Gasteiger partial charge in [-0.05, 0) is 50.3 Å². The molecule has 0 amide bonds. The van der Waals surface area contributed by atoms with E-state index < -0.39 is 0 Å². The summed E-state index contributed by atoms with van der Waals surface area (Å²) in [6.07, 6.45) is 6.27. The maximum absolute atomic E-state index is 6.46. The molecule has 4 rings (SSSR count). The van der Waals surface area contributed by atoms with Gasteiger partial charge in [0.1, 0.15) is 5.82 Å². The van der Waals surface area contributed by atoms with E-state index in [4.69, 9.17) is 16.6 Å². The van der Waals surface area contributed by atoms with E-state index in [1.807, 2.05) is 12.1 Å². The van der Waals surface area contributed by atoms with Crippen LogP contribution in [0.25, 0.3) is 11.0 Å². The van der Waals surface area contributed by atoms with Gasteiger partial charge in [0.25, 0.3) is 0 Å². The SMILES string of the molecule is CCC1CCNC(c2nc3cccc(Cl)c3n2C2CC2)C1. The van der Waals surface area contributed by atoms with Gasteiger partial charge < -0.3 is 9.88 Å². The highest BCUT2D eigenvalue weighted by atomic mass is 35.5. The summed E-state index contributed by atoms with van der Waals surface area (Å²) in [5, 5.41) is 4.51. The molecule has 3 nitrogen and oxygen atoms in total. The van der Waals surface area contributed by atoms with Gasteiger partial charge >= 0.3 is 0 Å². The first-order valence-corrected chi connectivity index (χ1v) is 8.55. The summed E-state index contributed by atoms with van der Waals surface area (Å²) >= 11 is 6.46. The Bertz CT molecular complexity index is 659. The van der Waals surface area contributed by atoms with Crippen LogP contribution in [0.15, 0.2) is 18.2 Å². The lowest BCUT2D eigenvalue weighted by Crippen LogP contribution is -2.33. The number of para-hydroxylation sites is 1. The van der Waals surface area contributed by atoms with E-state index in [0.717, 1.165) is 28.5 Å². The zero-order chi connectivity index (χ0) is 14.4. The van der Waals surface area contributed by atoms with Gasteiger partial charge in [0, 0.05) is 6.04 Å². The van der Waals surface area contributed by atoms with Crippen molar-refractivity contribution < 1.29 is 0 Å². The largest absolute Gasteiger partial charge is 0.322 e. The van der Waals surface area contributed by atoms with Crippen LogP contribution in [0, 0.1) is 5.92 Å². The second-order valence-electron chi connectivity index (χ2n) is 6.48. The number of imidazole rings is 1. The minimum absolute atomic E-state index is 0.382. The highest BCUT2D eigenvalue weighted by Crippen LogP contribution is 2.43. The summed E-state index contributed by atoms with van der Waals surface area (Å²) in [4.78, 5) is 4.94. The monoisotopic (exact) mass is 303 g/mol. The van der Waals surface area contributed by atoms with Crippen LogP contribution in [0.3, 0.4) is 0 Å². The fourth-order valence-corrected chi connectivity index (χ4v) is 3.90. The maximum Gasteiger partial charge on any atom is 0.127 e. The molecule has 1 saturated heterocycles. The Morgan fingerprint density at radius 1 is 1.33 bits per heavy atom. The number of nitrogens with one attached hydrogen (secondary N) is 1. The molecular formula is C17H22ClN3. The van der Waals surface area contributed by atoms with Gasteiger partial charge in [-0.25, -0.2) is 4.98 Å². The fourth-order valence-electron chi connectivity index (χ4n) is 3.64. The molecule has 1 aromatic carbocycles. The van der Waals surface area contributed by atoms with E-state index in [1.165, 1.54) is 37.9 Å². The molecule has 2 aliphatic rings. The topological polar surface area (TPSA) is 29.9 Å². The minimum atomic E-state index is 0.382. The molecule has 2 fully saturated rings. The summed E-state index contributed by atoms with van der Waals surface area (Å²) in [5.41, 5.74) is 2.18. The second kappa shape index (κ2) is 5.29. The molecule has 2 heterocycles. The van der Waals surface area contributed by atoms with Gasteiger partial charge in [-0.1, -0.05) is 31.0 Å². The highest BCUT2D eigenvalue weighted by Gasteiger charge is 2.33. The minimum Gasteiger partial charge on any atom is -0.322 e. The Morgan fingerprint density at radius 2 is 2.19 bits per heavy atom. The summed E-state index contributed by atoms with van der Waals surface area (Å²) in [7, 11) is 0. The smallest absolute Gasteiger partial charge is 0.127 e. The van der Waals surface area contributed by atoms with Crippen molar-refractivity contribution >= 4 is 22.6 Å². The third kappa shape index (κ3) is 2.36. The number of halogens is 1. The molecule has 2 atom stereocenters. The van der Waals surface area contributed by atoms with Gasteiger partial charge in [0.15, 0.2) is 0 Å². The Kier molecular flexibility index (Phi) is 3.43. The Labute approximate surface area is 130 Å². The van der Waals surface area contributed by atoms with Crippen molar-refractivity contribution in [2.45, 2.75) is 51.1 Å². The van der Waals surface area contributed by atoms with Gasteiger partial charge in [0.2, 0.25) is 0 Å². The van der Waals surface area contributed by atoms with Crippen LogP contribution in [0.2, 0.25) is 5.02 Å². The number of fused-ring (bicyclic) bond motifs is 1. The molecule has 1 N–H and O–H groups in total. The quantitative estimate of drug-likeness (QED) is 0.906. The lowest BCUT2D eigenvalue weighted by atomic mass is 9.90.